The van der Waals surface area contributed by atoms with Gasteiger partial charge in [0.1, 0.15) is 0 Å². The lowest BCUT2D eigenvalue weighted by Crippen LogP contribution is -2.35. The van der Waals surface area contributed by atoms with Crippen LogP contribution in [-0.4, -0.2) is 19.2 Å². The van der Waals surface area contributed by atoms with E-state index in [0.29, 0.717) is 28.7 Å². The molecule has 6 heteroatoms. The van der Waals surface area contributed by atoms with E-state index >= 15 is 0 Å². The molecule has 0 amide bonds. The number of pyridine rings is 1. The number of aromatic nitrogens is 3. The Kier molecular flexibility index (Phi) is 5.33. The van der Waals surface area contributed by atoms with Crippen molar-refractivity contribution in [3.8, 4) is 0 Å². The van der Waals surface area contributed by atoms with Crippen LogP contribution in [0.25, 0.3) is 18.4 Å². The van der Waals surface area contributed by atoms with E-state index in [4.69, 9.17) is 5.73 Å². The van der Waals surface area contributed by atoms with Crippen LogP contribution in [0.5, 0.6) is 0 Å². The Hall–Kier alpha value is -2.60. The lowest BCUT2D eigenvalue weighted by Gasteiger charge is -2.18. The number of imidazole rings is 1. The minimum absolute atomic E-state index is 0.0468. The van der Waals surface area contributed by atoms with Crippen LogP contribution in [0.15, 0.2) is 29.3 Å². The van der Waals surface area contributed by atoms with Crippen molar-refractivity contribution < 1.29 is 5.11 Å². The average molecular weight is 342 g/mol. The van der Waals surface area contributed by atoms with E-state index < -0.39 is 0 Å². The number of hydrogen-bond acceptors (Lipinski definition) is 4. The molecule has 0 saturated heterocycles. The van der Waals surface area contributed by atoms with Crippen molar-refractivity contribution in [1.82, 2.24) is 14.1 Å². The van der Waals surface area contributed by atoms with E-state index in [9.17, 15) is 9.90 Å². The molecule has 2 aromatic heterocycles. The van der Waals surface area contributed by atoms with Gasteiger partial charge in [0.05, 0.1) is 17.3 Å². The van der Waals surface area contributed by atoms with Gasteiger partial charge in [-0.3, -0.25) is 14.1 Å². The fraction of sp³-hybridized carbons (Fsp3) is 0.368. The van der Waals surface area contributed by atoms with Gasteiger partial charge in [0.2, 0.25) is 0 Å². The highest BCUT2D eigenvalue weighted by Gasteiger charge is 2.15. The Balaban J connectivity index is 2.55. The van der Waals surface area contributed by atoms with Crippen LogP contribution in [0.2, 0.25) is 0 Å². The van der Waals surface area contributed by atoms with Gasteiger partial charge in [-0.25, -0.2) is 4.79 Å². The van der Waals surface area contributed by atoms with Gasteiger partial charge in [0.25, 0.3) is 0 Å². The summed E-state index contributed by atoms with van der Waals surface area (Å²) in [4.78, 5) is 16.5. The SMILES string of the molecule is C=c1/c(=C\C=C(/N)c2cncc(CO)c2)n(CC(C)(C)C)c(=O)n1C. The molecule has 0 bridgehead atoms. The number of hydrogen-bond donors (Lipinski definition) is 2. The predicted octanol–water partition coefficient (Wildman–Crippen LogP) is 0.311. The van der Waals surface area contributed by atoms with E-state index in [1.54, 1.807) is 42.2 Å². The predicted molar refractivity (Wildman–Crippen MR) is 101 cm³/mol. The summed E-state index contributed by atoms with van der Waals surface area (Å²) in [5.41, 5.74) is 7.90. The lowest BCUT2D eigenvalue weighted by atomic mass is 9.97. The molecule has 134 valence electrons. The largest absolute Gasteiger partial charge is 0.398 e. The fourth-order valence-corrected chi connectivity index (χ4v) is 2.54. The van der Waals surface area contributed by atoms with Gasteiger partial charge in [-0.1, -0.05) is 27.4 Å². The monoisotopic (exact) mass is 342 g/mol. The molecular formula is C19H26N4O2. The molecule has 0 atom stereocenters. The minimum atomic E-state index is -0.0953. The first-order chi connectivity index (χ1) is 11.6. The van der Waals surface area contributed by atoms with Crippen LogP contribution in [0.4, 0.5) is 0 Å². The van der Waals surface area contributed by atoms with E-state index in [1.807, 2.05) is 0 Å². The highest BCUT2D eigenvalue weighted by atomic mass is 16.3. The number of nitrogens with two attached hydrogens (primary N) is 1. The molecule has 0 aliphatic rings. The number of allylic oxidation sites excluding steroid dienone is 1. The zero-order chi connectivity index (χ0) is 18.8. The summed E-state index contributed by atoms with van der Waals surface area (Å²) in [5.74, 6) is 0. The van der Waals surface area contributed by atoms with Gasteiger partial charge >= 0.3 is 5.69 Å². The first-order valence-corrected chi connectivity index (χ1v) is 8.11. The maximum absolute atomic E-state index is 12.5. The van der Waals surface area contributed by atoms with Gasteiger partial charge in [0, 0.05) is 37.2 Å². The third kappa shape index (κ3) is 4.28. The molecular weight excluding hydrogens is 316 g/mol. The highest BCUT2D eigenvalue weighted by molar-refractivity contribution is 5.68. The van der Waals surface area contributed by atoms with E-state index in [2.05, 4.69) is 32.3 Å². The third-order valence-corrected chi connectivity index (χ3v) is 3.87. The van der Waals surface area contributed by atoms with Crippen molar-refractivity contribution in [3.63, 3.8) is 0 Å². The maximum Gasteiger partial charge on any atom is 0.328 e. The third-order valence-electron chi connectivity index (χ3n) is 3.87. The molecule has 0 fully saturated rings. The topological polar surface area (TPSA) is 86.1 Å². The molecule has 0 unspecified atom stereocenters. The molecule has 0 aliphatic heterocycles. The zero-order valence-corrected chi connectivity index (χ0v) is 15.3. The van der Waals surface area contributed by atoms with Crippen LogP contribution >= 0.6 is 0 Å². The molecule has 0 aromatic carbocycles. The normalized spacial score (nSPS) is 13.5. The fourth-order valence-electron chi connectivity index (χ4n) is 2.54. The van der Waals surface area contributed by atoms with Crippen LogP contribution in [0.1, 0.15) is 31.9 Å². The van der Waals surface area contributed by atoms with Gasteiger partial charge in [-0.05, 0) is 29.2 Å². The van der Waals surface area contributed by atoms with Crippen LogP contribution in [0, 0.1) is 5.41 Å². The van der Waals surface area contributed by atoms with Gasteiger partial charge in [-0.2, -0.15) is 0 Å². The van der Waals surface area contributed by atoms with Gasteiger partial charge in [0.15, 0.2) is 0 Å². The Morgan fingerprint density at radius 1 is 1.40 bits per heavy atom. The lowest BCUT2D eigenvalue weighted by molar-refractivity contribution is 0.281. The summed E-state index contributed by atoms with van der Waals surface area (Å²) >= 11 is 0. The number of rotatable bonds is 4. The Morgan fingerprint density at radius 2 is 2.08 bits per heavy atom. The summed E-state index contributed by atoms with van der Waals surface area (Å²) in [6, 6.07) is 1.78. The molecule has 2 rings (SSSR count). The molecule has 0 spiro atoms. The molecule has 0 aliphatic carbocycles. The molecule has 3 N–H and O–H groups in total. The summed E-state index contributed by atoms with van der Waals surface area (Å²) in [6.45, 7) is 10.7. The Bertz CT molecular complexity index is 959. The van der Waals surface area contributed by atoms with Crippen molar-refractivity contribution in [2.75, 3.05) is 0 Å². The van der Waals surface area contributed by atoms with Crippen molar-refractivity contribution in [3.05, 3.63) is 56.8 Å². The summed E-state index contributed by atoms with van der Waals surface area (Å²) in [5, 5.41) is 10.6. The average Bonchev–Trinajstić information content (AvgIpc) is 2.75. The molecule has 2 heterocycles. The number of nitrogens with zero attached hydrogens (tertiary/aromatic N) is 3. The van der Waals surface area contributed by atoms with E-state index in [1.165, 1.54) is 4.57 Å². The van der Waals surface area contributed by atoms with Crippen molar-refractivity contribution in [2.45, 2.75) is 33.9 Å². The summed E-state index contributed by atoms with van der Waals surface area (Å²) in [6.07, 6.45) is 6.77. The van der Waals surface area contributed by atoms with Gasteiger partial charge in [-0.15, -0.1) is 0 Å². The summed E-state index contributed by atoms with van der Waals surface area (Å²) < 4.78 is 3.25. The number of aliphatic hydroxyl groups excluding tert-OH is 1. The van der Waals surface area contributed by atoms with Crippen molar-refractivity contribution in [2.24, 2.45) is 18.2 Å². The van der Waals surface area contributed by atoms with Crippen LogP contribution in [0.3, 0.4) is 0 Å². The second-order valence-electron chi connectivity index (χ2n) is 7.35. The Labute approximate surface area is 147 Å². The first kappa shape index (κ1) is 18.7. The van der Waals surface area contributed by atoms with E-state index in [0.717, 1.165) is 5.35 Å². The number of aliphatic hydroxyl groups is 1. The smallest absolute Gasteiger partial charge is 0.328 e. The Morgan fingerprint density at radius 3 is 2.68 bits per heavy atom. The van der Waals surface area contributed by atoms with Crippen LogP contribution in [-0.2, 0) is 20.2 Å². The van der Waals surface area contributed by atoms with Crippen molar-refractivity contribution in [1.29, 1.82) is 0 Å². The quantitative estimate of drug-likeness (QED) is 0.837. The van der Waals surface area contributed by atoms with Gasteiger partial charge < -0.3 is 10.8 Å². The zero-order valence-electron chi connectivity index (χ0n) is 15.3. The standard InChI is InChI=1S/C19H26N4O2/c1-13-17(23(12-19(2,3)4)18(25)22(13)5)7-6-16(20)15-8-14(11-24)9-21-10-15/h6-10,24H,1,11-12,20H2,2-5H3/b16-6-,17-7+. The maximum atomic E-state index is 12.5. The first-order valence-electron chi connectivity index (χ1n) is 8.11. The molecule has 6 nitrogen and oxygen atoms in total. The minimum Gasteiger partial charge on any atom is -0.398 e. The molecule has 2 aromatic rings. The molecule has 0 saturated carbocycles. The summed E-state index contributed by atoms with van der Waals surface area (Å²) in [7, 11) is 1.71. The highest BCUT2D eigenvalue weighted by Crippen LogP contribution is 2.14. The van der Waals surface area contributed by atoms with Crippen molar-refractivity contribution >= 4 is 18.4 Å². The van der Waals surface area contributed by atoms with Crippen LogP contribution < -0.4 is 22.1 Å². The molecule has 25 heavy (non-hydrogen) atoms. The second kappa shape index (κ2) is 7.11. The molecule has 0 radical (unpaired) electrons. The second-order valence-corrected chi connectivity index (χ2v) is 7.35. The van der Waals surface area contributed by atoms with E-state index in [-0.39, 0.29) is 17.7 Å².